The molecule has 0 spiro atoms. The Labute approximate surface area is 170 Å². The van der Waals surface area contributed by atoms with Gasteiger partial charge in [-0.3, -0.25) is 4.79 Å². The summed E-state index contributed by atoms with van der Waals surface area (Å²) in [7, 11) is 0. The zero-order valence-electron chi connectivity index (χ0n) is 14.5. The van der Waals surface area contributed by atoms with Crippen LogP contribution in [-0.2, 0) is 4.74 Å². The van der Waals surface area contributed by atoms with Gasteiger partial charge in [0.1, 0.15) is 0 Å². The number of ether oxygens (including phenoxy) is 1. The third-order valence-electron chi connectivity index (χ3n) is 4.33. The maximum absolute atomic E-state index is 12.4. The van der Waals surface area contributed by atoms with E-state index in [9.17, 15) is 4.79 Å². The van der Waals surface area contributed by atoms with Crippen LogP contribution in [-0.4, -0.2) is 37.2 Å². The first-order valence-corrected chi connectivity index (χ1v) is 10.3. The summed E-state index contributed by atoms with van der Waals surface area (Å²) >= 11 is 5.06. The number of morpholine rings is 1. The topological polar surface area (TPSA) is 54.5 Å². The monoisotopic (exact) mass is 443 g/mol. The second kappa shape index (κ2) is 8.21. The maximum Gasteiger partial charge on any atom is 0.256 e. The lowest BCUT2D eigenvalue weighted by Crippen LogP contribution is -2.36. The van der Waals surface area contributed by atoms with Crippen molar-refractivity contribution in [2.45, 2.75) is 0 Å². The maximum atomic E-state index is 12.4. The molecule has 5 nitrogen and oxygen atoms in total. The summed E-state index contributed by atoms with van der Waals surface area (Å²) in [5, 5.41) is 6.02. The summed E-state index contributed by atoms with van der Waals surface area (Å²) in [5.41, 5.74) is 3.34. The molecule has 0 radical (unpaired) electrons. The highest BCUT2D eigenvalue weighted by molar-refractivity contribution is 9.10. The highest BCUT2D eigenvalue weighted by atomic mass is 79.9. The van der Waals surface area contributed by atoms with E-state index in [2.05, 4.69) is 31.5 Å². The summed E-state index contributed by atoms with van der Waals surface area (Å²) in [6.07, 6.45) is 0. The van der Waals surface area contributed by atoms with Crippen LogP contribution in [0.5, 0.6) is 0 Å². The highest BCUT2D eigenvalue weighted by Gasteiger charge is 2.15. The number of aromatic nitrogens is 1. The SMILES string of the molecule is O=C(Nc1ccc(-c2csc(N3CCOCC3)n2)cc1)c1ccccc1Br. The summed E-state index contributed by atoms with van der Waals surface area (Å²) in [4.78, 5) is 19.4. The molecule has 0 atom stereocenters. The summed E-state index contributed by atoms with van der Waals surface area (Å²) in [5.74, 6) is -0.140. The Kier molecular flexibility index (Phi) is 5.52. The third-order valence-corrected chi connectivity index (χ3v) is 5.92. The van der Waals surface area contributed by atoms with Crippen molar-refractivity contribution in [2.24, 2.45) is 0 Å². The Morgan fingerprint density at radius 2 is 1.85 bits per heavy atom. The predicted molar refractivity (Wildman–Crippen MR) is 113 cm³/mol. The summed E-state index contributed by atoms with van der Waals surface area (Å²) < 4.78 is 6.17. The molecule has 0 bridgehead atoms. The van der Waals surface area contributed by atoms with Gasteiger partial charge >= 0.3 is 0 Å². The van der Waals surface area contributed by atoms with Crippen LogP contribution in [0.25, 0.3) is 11.3 Å². The second-order valence-corrected chi connectivity index (χ2v) is 7.82. The van der Waals surface area contributed by atoms with Gasteiger partial charge in [0.05, 0.1) is 24.5 Å². The number of benzene rings is 2. The van der Waals surface area contributed by atoms with E-state index < -0.39 is 0 Å². The van der Waals surface area contributed by atoms with E-state index >= 15 is 0 Å². The van der Waals surface area contributed by atoms with Gasteiger partial charge < -0.3 is 15.0 Å². The molecular weight excluding hydrogens is 426 g/mol. The second-order valence-electron chi connectivity index (χ2n) is 6.13. The lowest BCUT2D eigenvalue weighted by atomic mass is 10.1. The van der Waals surface area contributed by atoms with Gasteiger partial charge in [-0.1, -0.05) is 24.3 Å². The van der Waals surface area contributed by atoms with Crippen molar-refractivity contribution < 1.29 is 9.53 Å². The highest BCUT2D eigenvalue weighted by Crippen LogP contribution is 2.29. The normalized spacial score (nSPS) is 14.2. The van der Waals surface area contributed by atoms with Gasteiger partial charge in [0, 0.05) is 34.2 Å². The molecule has 2 heterocycles. The van der Waals surface area contributed by atoms with Crippen LogP contribution < -0.4 is 10.2 Å². The van der Waals surface area contributed by atoms with Gasteiger partial charge in [0.2, 0.25) is 0 Å². The van der Waals surface area contributed by atoms with Crippen molar-refractivity contribution in [1.29, 1.82) is 0 Å². The molecule has 0 unspecified atom stereocenters. The average Bonchev–Trinajstić information content (AvgIpc) is 3.20. The number of carbonyl (C=O) groups excluding carboxylic acids is 1. The average molecular weight is 444 g/mol. The Hall–Kier alpha value is -2.22. The van der Waals surface area contributed by atoms with Gasteiger partial charge in [-0.2, -0.15) is 0 Å². The van der Waals surface area contributed by atoms with Crippen LogP contribution in [0.1, 0.15) is 10.4 Å². The lowest BCUT2D eigenvalue weighted by Gasteiger charge is -2.26. The first-order valence-electron chi connectivity index (χ1n) is 8.65. The van der Waals surface area contributed by atoms with Gasteiger partial charge in [-0.15, -0.1) is 11.3 Å². The number of nitrogens with zero attached hydrogens (tertiary/aromatic N) is 2. The molecule has 1 aliphatic heterocycles. The molecule has 0 aliphatic carbocycles. The number of rotatable bonds is 4. The number of hydrogen-bond donors (Lipinski definition) is 1. The number of carbonyl (C=O) groups is 1. The molecule has 138 valence electrons. The van der Waals surface area contributed by atoms with E-state index in [-0.39, 0.29) is 5.91 Å². The van der Waals surface area contributed by atoms with E-state index in [4.69, 9.17) is 9.72 Å². The van der Waals surface area contributed by atoms with E-state index in [0.29, 0.717) is 5.56 Å². The number of thiazole rings is 1. The molecule has 4 rings (SSSR count). The van der Waals surface area contributed by atoms with Crippen molar-refractivity contribution >= 4 is 44.0 Å². The molecule has 27 heavy (non-hydrogen) atoms. The van der Waals surface area contributed by atoms with Gasteiger partial charge in [0.25, 0.3) is 5.91 Å². The fourth-order valence-electron chi connectivity index (χ4n) is 2.86. The van der Waals surface area contributed by atoms with E-state index in [1.54, 1.807) is 17.4 Å². The summed E-state index contributed by atoms with van der Waals surface area (Å²) in [6, 6.07) is 15.1. The molecule has 0 saturated carbocycles. The predicted octanol–water partition coefficient (Wildman–Crippen LogP) is 4.66. The van der Waals surface area contributed by atoms with E-state index in [1.165, 1.54) is 0 Å². The standard InChI is InChI=1S/C20H18BrN3O2S/c21-17-4-2-1-3-16(17)19(25)22-15-7-5-14(6-8-15)18-13-27-20(23-18)24-9-11-26-12-10-24/h1-8,13H,9-12H2,(H,22,25). The zero-order valence-corrected chi connectivity index (χ0v) is 16.9. The van der Waals surface area contributed by atoms with E-state index in [1.807, 2.05) is 42.5 Å². The van der Waals surface area contributed by atoms with Crippen molar-refractivity contribution in [3.8, 4) is 11.3 Å². The molecule has 7 heteroatoms. The van der Waals surface area contributed by atoms with Crippen molar-refractivity contribution in [2.75, 3.05) is 36.5 Å². The number of amides is 1. The van der Waals surface area contributed by atoms with Crippen LogP contribution in [0.3, 0.4) is 0 Å². The summed E-state index contributed by atoms with van der Waals surface area (Å²) in [6.45, 7) is 3.27. The third kappa shape index (κ3) is 4.21. The molecular formula is C20H18BrN3O2S. The zero-order chi connectivity index (χ0) is 18.6. The van der Waals surface area contributed by atoms with Crippen LogP contribution >= 0.6 is 27.3 Å². The van der Waals surface area contributed by atoms with Crippen LogP contribution in [0.4, 0.5) is 10.8 Å². The number of nitrogens with one attached hydrogen (secondary N) is 1. The largest absolute Gasteiger partial charge is 0.378 e. The lowest BCUT2D eigenvalue weighted by molar-refractivity contribution is 0.102. The fourth-order valence-corrected chi connectivity index (χ4v) is 4.22. The van der Waals surface area contributed by atoms with E-state index in [0.717, 1.165) is 52.9 Å². The molecule has 1 N–H and O–H groups in total. The minimum absolute atomic E-state index is 0.140. The number of anilines is 2. The van der Waals surface area contributed by atoms with Crippen molar-refractivity contribution in [3.05, 3.63) is 63.9 Å². The minimum Gasteiger partial charge on any atom is -0.378 e. The van der Waals surface area contributed by atoms with Crippen molar-refractivity contribution in [1.82, 2.24) is 4.98 Å². The number of halogens is 1. The first kappa shape index (κ1) is 18.2. The first-order chi connectivity index (χ1) is 13.2. The molecule has 1 saturated heterocycles. The smallest absolute Gasteiger partial charge is 0.256 e. The molecule has 1 aliphatic rings. The molecule has 1 fully saturated rings. The molecule has 1 aromatic heterocycles. The van der Waals surface area contributed by atoms with Gasteiger partial charge in [0.15, 0.2) is 5.13 Å². The molecule has 1 amide bonds. The van der Waals surface area contributed by atoms with Crippen LogP contribution in [0, 0.1) is 0 Å². The Balaban J connectivity index is 1.45. The number of hydrogen-bond acceptors (Lipinski definition) is 5. The molecule has 3 aromatic rings. The quantitative estimate of drug-likeness (QED) is 0.636. The molecule has 2 aromatic carbocycles. The van der Waals surface area contributed by atoms with Gasteiger partial charge in [-0.05, 0) is 40.2 Å². The fraction of sp³-hybridized carbons (Fsp3) is 0.200. The Morgan fingerprint density at radius 1 is 1.11 bits per heavy atom. The Morgan fingerprint density at radius 3 is 2.59 bits per heavy atom. The Bertz CT molecular complexity index is 936. The minimum atomic E-state index is -0.140. The van der Waals surface area contributed by atoms with Crippen LogP contribution in [0.15, 0.2) is 58.4 Å². The van der Waals surface area contributed by atoms with Gasteiger partial charge in [-0.25, -0.2) is 4.98 Å². The van der Waals surface area contributed by atoms with Crippen molar-refractivity contribution in [3.63, 3.8) is 0 Å². The van der Waals surface area contributed by atoms with Crippen LogP contribution in [0.2, 0.25) is 0 Å².